The summed E-state index contributed by atoms with van der Waals surface area (Å²) in [6.45, 7) is 12.2. The molecule has 0 amide bonds. The Morgan fingerprint density at radius 3 is 2.38 bits per heavy atom. The van der Waals surface area contributed by atoms with Gasteiger partial charge in [0.1, 0.15) is 0 Å². The van der Waals surface area contributed by atoms with Crippen molar-refractivity contribution in [2.45, 2.75) is 46.2 Å². The lowest BCUT2D eigenvalue weighted by molar-refractivity contribution is 0.357. The van der Waals surface area contributed by atoms with Gasteiger partial charge < -0.3 is 16.4 Å². The Kier molecular flexibility index (Phi) is 6.69. The van der Waals surface area contributed by atoms with Crippen LogP contribution in [0.5, 0.6) is 0 Å². The second-order valence-electron chi connectivity index (χ2n) is 6.64. The number of guanidine groups is 1. The fourth-order valence-corrected chi connectivity index (χ4v) is 2.10. The van der Waals surface area contributed by atoms with Crippen molar-refractivity contribution in [2.24, 2.45) is 16.6 Å². The molecule has 0 aliphatic rings. The monoisotopic (exact) mass is 290 g/mol. The number of nitrogens with two attached hydrogens (primary N) is 1. The van der Waals surface area contributed by atoms with Crippen molar-refractivity contribution in [3.8, 4) is 0 Å². The van der Waals surface area contributed by atoms with Crippen LogP contribution in [0.1, 0.15) is 46.2 Å². The highest BCUT2D eigenvalue weighted by atomic mass is 15.1. The van der Waals surface area contributed by atoms with Gasteiger partial charge in [-0.25, -0.2) is 0 Å². The lowest BCUT2D eigenvalue weighted by Crippen LogP contribution is -2.45. The minimum absolute atomic E-state index is 0.112. The van der Waals surface area contributed by atoms with E-state index in [2.05, 4.69) is 74.5 Å². The molecule has 1 rings (SSSR count). The van der Waals surface area contributed by atoms with Crippen molar-refractivity contribution in [1.82, 2.24) is 10.6 Å². The summed E-state index contributed by atoms with van der Waals surface area (Å²) in [4.78, 5) is 4.44. The predicted octanol–water partition coefficient (Wildman–Crippen LogP) is 2.68. The number of rotatable bonds is 7. The highest BCUT2D eigenvalue weighted by molar-refractivity contribution is 5.77. The van der Waals surface area contributed by atoms with Crippen LogP contribution in [0.3, 0.4) is 0 Å². The molecule has 0 bridgehead atoms. The van der Waals surface area contributed by atoms with Crippen LogP contribution in [-0.4, -0.2) is 24.6 Å². The quantitative estimate of drug-likeness (QED) is 0.534. The summed E-state index contributed by atoms with van der Waals surface area (Å²) in [5, 5.41) is 6.74. The van der Waals surface area contributed by atoms with Gasteiger partial charge in [0.2, 0.25) is 0 Å². The topological polar surface area (TPSA) is 62.4 Å². The fraction of sp³-hybridized carbons (Fsp3) is 0.588. The first-order valence-electron chi connectivity index (χ1n) is 7.66. The van der Waals surface area contributed by atoms with Gasteiger partial charge in [-0.2, -0.15) is 0 Å². The molecule has 0 radical (unpaired) electrons. The number of benzene rings is 1. The van der Waals surface area contributed by atoms with Gasteiger partial charge >= 0.3 is 0 Å². The standard InChI is InChI=1S/C17H30N4/c1-13(2)11-19-16(18)20-12-17(4,5)21-14(3)15-9-7-6-8-10-15/h6-10,13-14,21H,11-12H2,1-5H3,(H3,18,19,20). The van der Waals surface area contributed by atoms with Crippen LogP contribution in [0, 0.1) is 5.92 Å². The van der Waals surface area contributed by atoms with Crippen LogP contribution in [-0.2, 0) is 0 Å². The molecule has 4 N–H and O–H groups in total. The average Bonchev–Trinajstić information content (AvgIpc) is 2.43. The van der Waals surface area contributed by atoms with Gasteiger partial charge in [-0.15, -0.1) is 0 Å². The number of nitrogens with zero attached hydrogens (tertiary/aromatic N) is 1. The van der Waals surface area contributed by atoms with E-state index in [0.717, 1.165) is 6.54 Å². The summed E-state index contributed by atoms with van der Waals surface area (Å²) in [6, 6.07) is 10.7. The molecule has 0 saturated carbocycles. The van der Waals surface area contributed by atoms with Crippen molar-refractivity contribution in [2.75, 3.05) is 13.1 Å². The van der Waals surface area contributed by atoms with Crippen LogP contribution >= 0.6 is 0 Å². The molecule has 0 aliphatic carbocycles. The minimum atomic E-state index is -0.112. The summed E-state index contributed by atoms with van der Waals surface area (Å²) in [6.07, 6.45) is 0. The number of hydrogen-bond acceptors (Lipinski definition) is 2. The smallest absolute Gasteiger partial charge is 0.188 e. The van der Waals surface area contributed by atoms with Crippen LogP contribution in [0.25, 0.3) is 0 Å². The van der Waals surface area contributed by atoms with Crippen molar-refractivity contribution < 1.29 is 0 Å². The highest BCUT2D eigenvalue weighted by Crippen LogP contribution is 2.16. The van der Waals surface area contributed by atoms with Gasteiger partial charge in [0.15, 0.2) is 5.96 Å². The van der Waals surface area contributed by atoms with Crippen LogP contribution in [0.4, 0.5) is 0 Å². The molecule has 1 unspecified atom stereocenters. The lowest BCUT2D eigenvalue weighted by Gasteiger charge is -2.29. The minimum Gasteiger partial charge on any atom is -0.370 e. The molecule has 4 nitrogen and oxygen atoms in total. The molecular formula is C17H30N4. The van der Waals surface area contributed by atoms with Crippen molar-refractivity contribution >= 4 is 5.96 Å². The third-order valence-corrected chi connectivity index (χ3v) is 3.24. The zero-order valence-corrected chi connectivity index (χ0v) is 14.0. The second-order valence-corrected chi connectivity index (χ2v) is 6.64. The van der Waals surface area contributed by atoms with Crippen LogP contribution in [0.2, 0.25) is 0 Å². The van der Waals surface area contributed by atoms with E-state index in [9.17, 15) is 0 Å². The largest absolute Gasteiger partial charge is 0.370 e. The Labute approximate surface area is 129 Å². The molecule has 118 valence electrons. The maximum Gasteiger partial charge on any atom is 0.188 e. The van der Waals surface area contributed by atoms with Gasteiger partial charge in [0, 0.05) is 18.1 Å². The Hall–Kier alpha value is -1.55. The van der Waals surface area contributed by atoms with Gasteiger partial charge in [0.05, 0.1) is 6.54 Å². The van der Waals surface area contributed by atoms with E-state index in [1.54, 1.807) is 0 Å². The van der Waals surface area contributed by atoms with Crippen LogP contribution in [0.15, 0.2) is 35.3 Å². The number of nitrogens with one attached hydrogen (secondary N) is 2. The second kappa shape index (κ2) is 8.03. The molecular weight excluding hydrogens is 260 g/mol. The Balaban J connectivity index is 2.51. The first kappa shape index (κ1) is 17.5. The first-order chi connectivity index (χ1) is 9.80. The van der Waals surface area contributed by atoms with E-state index < -0.39 is 0 Å². The van der Waals surface area contributed by atoms with E-state index in [4.69, 9.17) is 5.73 Å². The Morgan fingerprint density at radius 1 is 1.19 bits per heavy atom. The third kappa shape index (κ3) is 7.14. The molecule has 0 saturated heterocycles. The summed E-state index contributed by atoms with van der Waals surface area (Å²) in [5.74, 6) is 1.08. The Bertz CT molecular complexity index is 437. The molecule has 4 heteroatoms. The maximum atomic E-state index is 5.88. The summed E-state index contributed by atoms with van der Waals surface area (Å²) in [5.41, 5.74) is 7.05. The molecule has 1 aromatic rings. The molecule has 0 aliphatic heterocycles. The van der Waals surface area contributed by atoms with Gasteiger partial charge in [0.25, 0.3) is 0 Å². The van der Waals surface area contributed by atoms with Crippen LogP contribution < -0.4 is 16.4 Å². The third-order valence-electron chi connectivity index (χ3n) is 3.24. The molecule has 0 heterocycles. The van der Waals surface area contributed by atoms with E-state index in [1.165, 1.54) is 5.56 Å². The molecule has 21 heavy (non-hydrogen) atoms. The van der Waals surface area contributed by atoms with E-state index in [1.807, 2.05) is 6.07 Å². The molecule has 1 atom stereocenters. The molecule has 0 fully saturated rings. The molecule has 0 spiro atoms. The molecule has 1 aromatic carbocycles. The van der Waals surface area contributed by atoms with Gasteiger partial charge in [-0.1, -0.05) is 44.2 Å². The lowest BCUT2D eigenvalue weighted by atomic mass is 10.0. The Morgan fingerprint density at radius 2 is 1.81 bits per heavy atom. The van der Waals surface area contributed by atoms with Crippen molar-refractivity contribution in [1.29, 1.82) is 0 Å². The fourth-order valence-electron chi connectivity index (χ4n) is 2.10. The SMILES string of the molecule is CC(C)CNC(N)=NCC(C)(C)NC(C)c1ccccc1. The predicted molar refractivity (Wildman–Crippen MR) is 91.4 cm³/mol. The normalized spacial score (nSPS) is 14.3. The van der Waals surface area contributed by atoms with E-state index in [-0.39, 0.29) is 11.6 Å². The maximum absolute atomic E-state index is 5.88. The number of aliphatic imine (C=N–C) groups is 1. The van der Waals surface area contributed by atoms with E-state index in [0.29, 0.717) is 18.4 Å². The first-order valence-corrected chi connectivity index (χ1v) is 7.66. The van der Waals surface area contributed by atoms with E-state index >= 15 is 0 Å². The average molecular weight is 290 g/mol. The van der Waals surface area contributed by atoms with Crippen molar-refractivity contribution in [3.05, 3.63) is 35.9 Å². The summed E-state index contributed by atoms with van der Waals surface area (Å²) in [7, 11) is 0. The number of hydrogen-bond donors (Lipinski definition) is 3. The summed E-state index contributed by atoms with van der Waals surface area (Å²) < 4.78 is 0. The zero-order valence-electron chi connectivity index (χ0n) is 14.0. The van der Waals surface area contributed by atoms with Gasteiger partial charge in [-0.05, 0) is 32.3 Å². The highest BCUT2D eigenvalue weighted by Gasteiger charge is 2.20. The summed E-state index contributed by atoms with van der Waals surface area (Å²) >= 11 is 0. The van der Waals surface area contributed by atoms with Gasteiger partial charge in [-0.3, -0.25) is 4.99 Å². The zero-order chi connectivity index (χ0) is 15.9. The van der Waals surface area contributed by atoms with Crippen molar-refractivity contribution in [3.63, 3.8) is 0 Å². The molecule has 0 aromatic heterocycles.